The van der Waals surface area contributed by atoms with Crippen molar-refractivity contribution in [1.82, 2.24) is 4.98 Å². The zero-order valence-corrected chi connectivity index (χ0v) is 13.0. The topological polar surface area (TPSA) is 26.0 Å². The Balaban J connectivity index is 0.000000704. The van der Waals surface area contributed by atoms with E-state index in [4.69, 9.17) is 16.0 Å². The largest absolute Gasteiger partial charge is 0.436 e. The predicted molar refractivity (Wildman–Crippen MR) is 85.3 cm³/mol. The van der Waals surface area contributed by atoms with E-state index in [1.807, 2.05) is 64.1 Å². The van der Waals surface area contributed by atoms with Crippen molar-refractivity contribution in [2.45, 2.75) is 27.7 Å². The average Bonchev–Trinajstić information content (AvgIpc) is 2.87. The molecule has 0 spiro atoms. The van der Waals surface area contributed by atoms with Gasteiger partial charge in [-0.05, 0) is 55.3 Å². The Labute approximate surface area is 124 Å². The van der Waals surface area contributed by atoms with Gasteiger partial charge in [0.25, 0.3) is 0 Å². The van der Waals surface area contributed by atoms with Crippen molar-refractivity contribution < 1.29 is 4.42 Å². The fraction of sp³-hybridized carbons (Fsp3) is 0.235. The van der Waals surface area contributed by atoms with Gasteiger partial charge in [-0.15, -0.1) is 0 Å². The van der Waals surface area contributed by atoms with Gasteiger partial charge < -0.3 is 4.42 Å². The highest BCUT2D eigenvalue weighted by molar-refractivity contribution is 6.31. The summed E-state index contributed by atoms with van der Waals surface area (Å²) < 4.78 is 5.75. The van der Waals surface area contributed by atoms with Crippen molar-refractivity contribution in [2.75, 3.05) is 0 Å². The SMILES string of the molecule is CC.Cc1ccc2oc(-c3ccc(Cl)c(C)c3)nc2c1. The molecule has 0 saturated carbocycles. The number of nitrogens with zero attached hydrogens (tertiary/aromatic N) is 1. The number of benzene rings is 2. The van der Waals surface area contributed by atoms with Crippen LogP contribution in [-0.2, 0) is 0 Å². The lowest BCUT2D eigenvalue weighted by Gasteiger charge is -1.99. The summed E-state index contributed by atoms with van der Waals surface area (Å²) in [6, 6.07) is 11.8. The standard InChI is InChI=1S/C15H12ClNO.C2H6/c1-9-3-6-14-13(7-9)17-15(18-14)11-4-5-12(16)10(2)8-11;1-2/h3-8H,1-2H3;1-2H3. The van der Waals surface area contributed by atoms with Crippen molar-refractivity contribution in [3.8, 4) is 11.5 Å². The van der Waals surface area contributed by atoms with E-state index in [1.54, 1.807) is 0 Å². The molecule has 0 aliphatic carbocycles. The zero-order valence-electron chi connectivity index (χ0n) is 12.2. The molecule has 20 heavy (non-hydrogen) atoms. The Morgan fingerprint density at radius 1 is 1.00 bits per heavy atom. The second-order valence-corrected chi connectivity index (χ2v) is 4.86. The quantitative estimate of drug-likeness (QED) is 0.566. The fourth-order valence-electron chi connectivity index (χ4n) is 1.94. The summed E-state index contributed by atoms with van der Waals surface area (Å²) in [6.45, 7) is 8.01. The van der Waals surface area contributed by atoms with Crippen LogP contribution in [-0.4, -0.2) is 4.98 Å². The number of rotatable bonds is 1. The second kappa shape index (κ2) is 6.10. The minimum absolute atomic E-state index is 0.635. The highest BCUT2D eigenvalue weighted by atomic mass is 35.5. The zero-order chi connectivity index (χ0) is 14.7. The number of aromatic nitrogens is 1. The van der Waals surface area contributed by atoms with Crippen LogP contribution in [0.4, 0.5) is 0 Å². The Kier molecular flexibility index (Phi) is 4.46. The number of fused-ring (bicyclic) bond motifs is 1. The van der Waals surface area contributed by atoms with Crippen LogP contribution < -0.4 is 0 Å². The van der Waals surface area contributed by atoms with Crippen molar-refractivity contribution in [2.24, 2.45) is 0 Å². The molecule has 1 aromatic heterocycles. The molecule has 0 amide bonds. The summed E-state index contributed by atoms with van der Waals surface area (Å²) in [5.74, 6) is 0.635. The molecular weight excluding hydrogens is 270 g/mol. The lowest BCUT2D eigenvalue weighted by Crippen LogP contribution is -1.80. The third-order valence-electron chi connectivity index (χ3n) is 2.95. The molecule has 0 aliphatic heterocycles. The summed E-state index contributed by atoms with van der Waals surface area (Å²) in [5, 5.41) is 0.755. The summed E-state index contributed by atoms with van der Waals surface area (Å²) >= 11 is 6.02. The molecule has 3 heteroatoms. The van der Waals surface area contributed by atoms with E-state index in [1.165, 1.54) is 5.56 Å². The van der Waals surface area contributed by atoms with E-state index in [0.29, 0.717) is 5.89 Å². The normalized spacial score (nSPS) is 10.2. The Morgan fingerprint density at radius 3 is 2.45 bits per heavy atom. The molecule has 2 aromatic carbocycles. The van der Waals surface area contributed by atoms with Gasteiger partial charge in [0.15, 0.2) is 5.58 Å². The van der Waals surface area contributed by atoms with Gasteiger partial charge in [0.2, 0.25) is 5.89 Å². The van der Waals surface area contributed by atoms with Gasteiger partial charge in [-0.1, -0.05) is 31.5 Å². The number of oxazole rings is 1. The van der Waals surface area contributed by atoms with Crippen LogP contribution in [0.25, 0.3) is 22.6 Å². The van der Waals surface area contributed by atoms with Crippen LogP contribution in [0.1, 0.15) is 25.0 Å². The molecule has 0 radical (unpaired) electrons. The van der Waals surface area contributed by atoms with E-state index in [9.17, 15) is 0 Å². The first-order chi connectivity index (χ1) is 9.63. The van der Waals surface area contributed by atoms with Gasteiger partial charge in [-0.3, -0.25) is 0 Å². The maximum absolute atomic E-state index is 6.02. The van der Waals surface area contributed by atoms with Crippen molar-refractivity contribution >= 4 is 22.7 Å². The van der Waals surface area contributed by atoms with E-state index in [-0.39, 0.29) is 0 Å². The fourth-order valence-corrected chi connectivity index (χ4v) is 2.06. The molecule has 0 bridgehead atoms. The number of halogens is 1. The van der Waals surface area contributed by atoms with Crippen LogP contribution in [0.5, 0.6) is 0 Å². The van der Waals surface area contributed by atoms with Gasteiger partial charge in [0.1, 0.15) is 5.52 Å². The molecule has 0 N–H and O–H groups in total. The maximum atomic E-state index is 6.02. The summed E-state index contributed by atoms with van der Waals surface area (Å²) in [5.41, 5.74) is 4.84. The first kappa shape index (κ1) is 14.6. The summed E-state index contributed by atoms with van der Waals surface area (Å²) in [4.78, 5) is 4.50. The van der Waals surface area contributed by atoms with Gasteiger partial charge >= 0.3 is 0 Å². The van der Waals surface area contributed by atoms with E-state index >= 15 is 0 Å². The van der Waals surface area contributed by atoms with E-state index in [2.05, 4.69) is 4.98 Å². The lowest BCUT2D eigenvalue weighted by molar-refractivity contribution is 0.620. The molecule has 3 aromatic rings. The molecule has 0 unspecified atom stereocenters. The van der Waals surface area contributed by atoms with Crippen LogP contribution in [0.2, 0.25) is 5.02 Å². The molecule has 0 fully saturated rings. The lowest BCUT2D eigenvalue weighted by atomic mass is 10.1. The highest BCUT2D eigenvalue weighted by Gasteiger charge is 2.09. The smallest absolute Gasteiger partial charge is 0.227 e. The third kappa shape index (κ3) is 2.86. The molecule has 0 aliphatic rings. The molecule has 2 nitrogen and oxygen atoms in total. The van der Waals surface area contributed by atoms with Gasteiger partial charge in [-0.2, -0.15) is 0 Å². The summed E-state index contributed by atoms with van der Waals surface area (Å²) in [6.07, 6.45) is 0. The van der Waals surface area contributed by atoms with Crippen molar-refractivity contribution in [3.63, 3.8) is 0 Å². The Morgan fingerprint density at radius 2 is 1.75 bits per heavy atom. The molecular formula is C17H18ClNO. The number of hydrogen-bond donors (Lipinski definition) is 0. The maximum Gasteiger partial charge on any atom is 0.227 e. The van der Waals surface area contributed by atoms with Crippen LogP contribution >= 0.6 is 11.6 Å². The average molecular weight is 288 g/mol. The van der Waals surface area contributed by atoms with Crippen LogP contribution in [0.3, 0.4) is 0 Å². The molecule has 1 heterocycles. The first-order valence-electron chi connectivity index (χ1n) is 6.77. The molecule has 0 saturated heterocycles. The molecule has 3 rings (SSSR count). The van der Waals surface area contributed by atoms with Gasteiger partial charge in [-0.25, -0.2) is 4.98 Å². The highest BCUT2D eigenvalue weighted by Crippen LogP contribution is 2.27. The Hall–Kier alpha value is -1.80. The van der Waals surface area contributed by atoms with E-state index in [0.717, 1.165) is 27.2 Å². The number of aryl methyl sites for hydroxylation is 2. The van der Waals surface area contributed by atoms with E-state index < -0.39 is 0 Å². The molecule has 0 atom stereocenters. The number of hydrogen-bond acceptors (Lipinski definition) is 2. The van der Waals surface area contributed by atoms with Crippen LogP contribution in [0, 0.1) is 13.8 Å². The monoisotopic (exact) mass is 287 g/mol. The molecule has 104 valence electrons. The van der Waals surface area contributed by atoms with Crippen LogP contribution in [0.15, 0.2) is 40.8 Å². The van der Waals surface area contributed by atoms with Gasteiger partial charge in [0, 0.05) is 10.6 Å². The first-order valence-corrected chi connectivity index (χ1v) is 7.15. The van der Waals surface area contributed by atoms with Crippen molar-refractivity contribution in [3.05, 3.63) is 52.5 Å². The summed E-state index contributed by atoms with van der Waals surface area (Å²) in [7, 11) is 0. The van der Waals surface area contributed by atoms with Crippen molar-refractivity contribution in [1.29, 1.82) is 0 Å². The predicted octanol–water partition coefficient (Wildman–Crippen LogP) is 5.79. The Bertz CT molecular complexity index is 731. The second-order valence-electron chi connectivity index (χ2n) is 4.45. The third-order valence-corrected chi connectivity index (χ3v) is 3.37. The minimum atomic E-state index is 0.635. The van der Waals surface area contributed by atoms with Gasteiger partial charge in [0.05, 0.1) is 0 Å². The minimum Gasteiger partial charge on any atom is -0.436 e.